The Labute approximate surface area is 315 Å². The molecule has 3 heteroatoms. The zero-order chi connectivity index (χ0) is 36.2. The number of para-hydroxylation sites is 3. The van der Waals surface area contributed by atoms with E-state index in [1.807, 2.05) is 0 Å². The molecular weight excluding hydrogens is 655 g/mol. The molecule has 0 aliphatic rings. The molecule has 7 aromatic carbocycles. The number of hydrogen-bond donors (Lipinski definition) is 0. The van der Waals surface area contributed by atoms with Crippen molar-refractivity contribution in [2.75, 3.05) is 0 Å². The van der Waals surface area contributed by atoms with Crippen LogP contribution in [0.5, 0.6) is 0 Å². The summed E-state index contributed by atoms with van der Waals surface area (Å²) in [4.78, 5) is 0. The molecule has 3 heterocycles. The summed E-state index contributed by atoms with van der Waals surface area (Å²) in [6.45, 7) is 6.35. The monoisotopic (exact) mass is 695 g/mol. The van der Waals surface area contributed by atoms with E-state index in [1.54, 1.807) is 0 Å². The quantitative estimate of drug-likeness (QED) is 0.141. The third-order valence-electron chi connectivity index (χ3n) is 11.2. The standard InChI is InChI=1S/C51H41N3/c1-3-52-46-19-10-8-17-40(46)42-27-23-36(33-50(42)52)14-12-13-35-25-29-48-44(31-35)45-32-37(26-30-49(45)54(48)39-15-6-5-7-16-39)21-22-38-24-28-43-41-18-9-11-20-47(41)53(4-2)51(43)34-38/h5-12,14-34H,3-4,13H2,1-2H3/b14-12+,22-21+. The molecule has 0 spiro atoms. The summed E-state index contributed by atoms with van der Waals surface area (Å²) in [5.74, 6) is 0. The van der Waals surface area contributed by atoms with Crippen LogP contribution in [0.2, 0.25) is 0 Å². The van der Waals surface area contributed by atoms with Crippen molar-refractivity contribution in [3.63, 3.8) is 0 Å². The van der Waals surface area contributed by atoms with Crippen molar-refractivity contribution in [1.29, 1.82) is 0 Å². The number of fused-ring (bicyclic) bond motifs is 9. The molecule has 0 saturated carbocycles. The molecular formula is C51H41N3. The Balaban J connectivity index is 1.00. The average Bonchev–Trinajstić information content (AvgIpc) is 3.84. The van der Waals surface area contributed by atoms with E-state index >= 15 is 0 Å². The van der Waals surface area contributed by atoms with Crippen LogP contribution in [0.25, 0.3) is 89.3 Å². The van der Waals surface area contributed by atoms with E-state index in [-0.39, 0.29) is 0 Å². The molecule has 3 nitrogen and oxygen atoms in total. The highest BCUT2D eigenvalue weighted by atomic mass is 15.0. The fraction of sp³-hybridized carbons (Fsp3) is 0.0980. The van der Waals surface area contributed by atoms with Crippen LogP contribution in [-0.4, -0.2) is 13.7 Å². The smallest absolute Gasteiger partial charge is 0.0541 e. The van der Waals surface area contributed by atoms with Crippen LogP contribution < -0.4 is 0 Å². The van der Waals surface area contributed by atoms with E-state index in [0.717, 1.165) is 19.5 Å². The minimum absolute atomic E-state index is 0.860. The predicted molar refractivity (Wildman–Crippen MR) is 233 cm³/mol. The van der Waals surface area contributed by atoms with Gasteiger partial charge in [-0.15, -0.1) is 0 Å². The van der Waals surface area contributed by atoms with Gasteiger partial charge in [0.1, 0.15) is 0 Å². The third-order valence-corrected chi connectivity index (χ3v) is 11.2. The van der Waals surface area contributed by atoms with Gasteiger partial charge in [0.25, 0.3) is 0 Å². The lowest BCUT2D eigenvalue weighted by molar-refractivity contribution is 0.827. The Kier molecular flexibility index (Phi) is 7.80. The molecule has 0 aliphatic heterocycles. The van der Waals surface area contributed by atoms with Gasteiger partial charge >= 0.3 is 0 Å². The average molecular weight is 696 g/mol. The molecule has 0 bridgehead atoms. The summed E-state index contributed by atoms with van der Waals surface area (Å²) in [7, 11) is 0. The van der Waals surface area contributed by atoms with Gasteiger partial charge in [0.05, 0.1) is 11.0 Å². The Morgan fingerprint density at radius 1 is 0.389 bits per heavy atom. The van der Waals surface area contributed by atoms with Gasteiger partial charge in [-0.05, 0) is 103 Å². The van der Waals surface area contributed by atoms with Crippen molar-refractivity contribution in [2.24, 2.45) is 0 Å². The first-order valence-corrected chi connectivity index (χ1v) is 19.2. The number of benzene rings is 7. The van der Waals surface area contributed by atoms with Crippen LogP contribution >= 0.6 is 0 Å². The number of nitrogens with zero attached hydrogens (tertiary/aromatic N) is 3. The fourth-order valence-corrected chi connectivity index (χ4v) is 8.72. The van der Waals surface area contributed by atoms with Crippen molar-refractivity contribution in [3.8, 4) is 5.69 Å². The van der Waals surface area contributed by atoms with Crippen molar-refractivity contribution >= 4 is 83.6 Å². The molecule has 260 valence electrons. The van der Waals surface area contributed by atoms with Crippen molar-refractivity contribution in [1.82, 2.24) is 13.7 Å². The second kappa shape index (κ2) is 13.1. The van der Waals surface area contributed by atoms with Gasteiger partial charge in [-0.2, -0.15) is 0 Å². The Morgan fingerprint density at radius 3 is 1.52 bits per heavy atom. The summed E-state index contributed by atoms with van der Waals surface area (Å²) in [5, 5.41) is 7.81. The number of allylic oxidation sites excluding steroid dienone is 1. The Morgan fingerprint density at radius 2 is 0.889 bits per heavy atom. The molecule has 0 radical (unpaired) electrons. The number of aryl methyl sites for hydroxylation is 2. The minimum Gasteiger partial charge on any atom is -0.341 e. The van der Waals surface area contributed by atoms with Crippen LogP contribution in [0, 0.1) is 0 Å². The summed E-state index contributed by atoms with van der Waals surface area (Å²) in [5.41, 5.74) is 13.7. The van der Waals surface area contributed by atoms with Crippen LogP contribution in [0.3, 0.4) is 0 Å². The summed E-state index contributed by atoms with van der Waals surface area (Å²) in [6.07, 6.45) is 9.95. The summed E-state index contributed by atoms with van der Waals surface area (Å²) >= 11 is 0. The van der Waals surface area contributed by atoms with Crippen LogP contribution in [0.15, 0.2) is 158 Å². The Bertz CT molecular complexity index is 3090. The highest BCUT2D eigenvalue weighted by molar-refractivity contribution is 6.11. The molecule has 0 atom stereocenters. The maximum Gasteiger partial charge on any atom is 0.0541 e. The molecule has 0 saturated heterocycles. The van der Waals surface area contributed by atoms with Gasteiger partial charge in [-0.25, -0.2) is 0 Å². The molecule has 0 amide bonds. The minimum atomic E-state index is 0.860. The molecule has 10 rings (SSSR count). The molecule has 0 aliphatic carbocycles. The second-order valence-corrected chi connectivity index (χ2v) is 14.3. The van der Waals surface area contributed by atoms with Gasteiger partial charge in [0, 0.05) is 73.2 Å². The number of hydrogen-bond acceptors (Lipinski definition) is 0. The third kappa shape index (κ3) is 5.27. The first-order valence-electron chi connectivity index (χ1n) is 19.2. The fourth-order valence-electron chi connectivity index (χ4n) is 8.72. The van der Waals surface area contributed by atoms with Gasteiger partial charge in [-0.1, -0.05) is 115 Å². The van der Waals surface area contributed by atoms with E-state index in [9.17, 15) is 0 Å². The normalized spacial score (nSPS) is 12.3. The predicted octanol–water partition coefficient (Wildman–Crippen LogP) is 13.5. The molecule has 0 fully saturated rings. The topological polar surface area (TPSA) is 14.8 Å². The SMILES string of the molecule is CCn1c2ccccc2c2ccc(/C=C/Cc3ccc4c(c3)c3cc(/C=C/c5ccc6c7ccccc7n(CC)c6c5)ccc3n4-c3ccccc3)cc21. The molecule has 0 N–H and O–H groups in total. The lowest BCUT2D eigenvalue weighted by Gasteiger charge is -2.08. The maximum atomic E-state index is 2.42. The molecule has 0 unspecified atom stereocenters. The molecule has 10 aromatic rings. The number of rotatable bonds is 8. The van der Waals surface area contributed by atoms with Crippen LogP contribution in [0.1, 0.15) is 36.1 Å². The van der Waals surface area contributed by atoms with Crippen LogP contribution in [-0.2, 0) is 19.5 Å². The number of aromatic nitrogens is 3. The second-order valence-electron chi connectivity index (χ2n) is 14.3. The van der Waals surface area contributed by atoms with E-state index in [1.165, 1.54) is 93.4 Å². The zero-order valence-electron chi connectivity index (χ0n) is 30.7. The van der Waals surface area contributed by atoms with E-state index in [4.69, 9.17) is 0 Å². The summed E-state index contributed by atoms with van der Waals surface area (Å²) < 4.78 is 7.24. The van der Waals surface area contributed by atoms with Gasteiger partial charge in [-0.3, -0.25) is 0 Å². The first kappa shape index (κ1) is 32.1. The largest absolute Gasteiger partial charge is 0.341 e. The zero-order valence-corrected chi connectivity index (χ0v) is 30.7. The molecule has 3 aromatic heterocycles. The van der Waals surface area contributed by atoms with E-state index in [0.29, 0.717) is 0 Å². The lowest BCUT2D eigenvalue weighted by atomic mass is 10.0. The van der Waals surface area contributed by atoms with Crippen molar-refractivity contribution < 1.29 is 0 Å². The Hall–Kier alpha value is -6.58. The first-order chi connectivity index (χ1) is 26.7. The van der Waals surface area contributed by atoms with Crippen molar-refractivity contribution in [3.05, 3.63) is 180 Å². The van der Waals surface area contributed by atoms with Gasteiger partial charge in [0.15, 0.2) is 0 Å². The van der Waals surface area contributed by atoms with Crippen LogP contribution in [0.4, 0.5) is 0 Å². The highest BCUT2D eigenvalue weighted by Gasteiger charge is 2.14. The van der Waals surface area contributed by atoms with E-state index < -0.39 is 0 Å². The molecule has 54 heavy (non-hydrogen) atoms. The van der Waals surface area contributed by atoms with E-state index in [2.05, 4.69) is 204 Å². The van der Waals surface area contributed by atoms with Gasteiger partial charge < -0.3 is 13.7 Å². The summed E-state index contributed by atoms with van der Waals surface area (Å²) in [6, 6.07) is 55.8. The van der Waals surface area contributed by atoms with Crippen molar-refractivity contribution in [2.45, 2.75) is 33.4 Å². The highest BCUT2D eigenvalue weighted by Crippen LogP contribution is 2.35. The lowest BCUT2D eigenvalue weighted by Crippen LogP contribution is -1.93. The maximum absolute atomic E-state index is 2.42. The van der Waals surface area contributed by atoms with Gasteiger partial charge in [0.2, 0.25) is 0 Å².